The van der Waals surface area contributed by atoms with E-state index >= 15 is 0 Å². The second-order valence-corrected chi connectivity index (χ2v) is 11.4. The van der Waals surface area contributed by atoms with E-state index < -0.39 is 7.82 Å². The normalized spacial score (nSPS) is 11.6. The molecule has 0 unspecified atom stereocenters. The summed E-state index contributed by atoms with van der Waals surface area (Å²) in [5, 5.41) is 0. The van der Waals surface area contributed by atoms with E-state index in [1.54, 1.807) is 0 Å². The molecule has 0 radical (unpaired) electrons. The molecule has 0 rings (SSSR count). The SMILES string of the molecule is CCCCCCCCCCCCCCCCCCCCCCCCCCCCOP(=O)(O)O.[Nd]. The predicted octanol–water partition coefficient (Wildman–Crippen LogP) is 10.3. The fourth-order valence-corrected chi connectivity index (χ4v) is 4.97. The molecule has 0 heterocycles. The van der Waals surface area contributed by atoms with Crippen molar-refractivity contribution in [3.05, 3.63) is 0 Å². The van der Waals surface area contributed by atoms with Gasteiger partial charge in [0.05, 0.1) is 6.61 Å². The molecular formula is C28H59NdO4P. The van der Waals surface area contributed by atoms with E-state index in [0.717, 1.165) is 19.3 Å². The van der Waals surface area contributed by atoms with E-state index in [9.17, 15) is 4.57 Å². The summed E-state index contributed by atoms with van der Waals surface area (Å²) in [4.78, 5) is 17.2. The van der Waals surface area contributed by atoms with Crippen molar-refractivity contribution in [2.75, 3.05) is 6.61 Å². The Morgan fingerprint density at radius 1 is 0.441 bits per heavy atom. The van der Waals surface area contributed by atoms with E-state index in [1.165, 1.54) is 148 Å². The average Bonchev–Trinajstić information content (AvgIpc) is 2.78. The van der Waals surface area contributed by atoms with Crippen molar-refractivity contribution < 1.29 is 59.7 Å². The van der Waals surface area contributed by atoms with Crippen LogP contribution in [0.25, 0.3) is 0 Å². The number of hydrogen-bond acceptors (Lipinski definition) is 2. The Morgan fingerprint density at radius 2 is 0.647 bits per heavy atom. The van der Waals surface area contributed by atoms with Crippen LogP contribution in [0.5, 0.6) is 0 Å². The third-order valence-electron chi connectivity index (χ3n) is 6.76. The smallest absolute Gasteiger partial charge is 0.303 e. The number of phosphoric ester groups is 1. The maximum atomic E-state index is 10.5. The summed E-state index contributed by atoms with van der Waals surface area (Å²) in [5.74, 6) is 0. The van der Waals surface area contributed by atoms with Crippen molar-refractivity contribution in [1.29, 1.82) is 0 Å². The van der Waals surface area contributed by atoms with Crippen LogP contribution in [0, 0.1) is 40.8 Å². The van der Waals surface area contributed by atoms with Crippen LogP contribution in [0.3, 0.4) is 0 Å². The topological polar surface area (TPSA) is 66.8 Å². The van der Waals surface area contributed by atoms with Crippen molar-refractivity contribution in [2.24, 2.45) is 0 Å². The summed E-state index contributed by atoms with van der Waals surface area (Å²) >= 11 is 0. The molecule has 0 saturated heterocycles. The van der Waals surface area contributed by atoms with E-state index in [1.807, 2.05) is 0 Å². The molecular weight excluding hydrogens is 576 g/mol. The Balaban J connectivity index is 0. The summed E-state index contributed by atoms with van der Waals surface area (Å²) in [6.07, 6.45) is 35.4. The van der Waals surface area contributed by atoms with Gasteiger partial charge in [-0.3, -0.25) is 4.52 Å². The fraction of sp³-hybridized carbons (Fsp3) is 1.00. The Morgan fingerprint density at radius 3 is 0.853 bits per heavy atom. The van der Waals surface area contributed by atoms with Crippen LogP contribution in [0.15, 0.2) is 0 Å². The van der Waals surface area contributed by atoms with Crippen molar-refractivity contribution in [2.45, 2.75) is 174 Å². The zero-order chi connectivity index (χ0) is 24.3. The van der Waals surface area contributed by atoms with Gasteiger partial charge in [-0.1, -0.05) is 167 Å². The van der Waals surface area contributed by atoms with Gasteiger partial charge in [-0.25, -0.2) is 4.57 Å². The largest absolute Gasteiger partial charge is 0.469 e. The number of hydrogen-bond donors (Lipinski definition) is 2. The standard InChI is InChI=1S/C28H59O4P.Nd/c1-2-3-4-5-6-7-8-9-10-11-12-13-14-15-16-17-18-19-20-21-22-23-24-25-26-27-28-32-33(29,30)31;/h2-28H2,1H3,(H2,29,30,31);. The van der Waals surface area contributed by atoms with Crippen LogP contribution >= 0.6 is 7.82 Å². The molecule has 4 nitrogen and oxygen atoms in total. The van der Waals surface area contributed by atoms with Crippen LogP contribution in [0.1, 0.15) is 174 Å². The van der Waals surface area contributed by atoms with Crippen molar-refractivity contribution in [3.8, 4) is 0 Å². The van der Waals surface area contributed by atoms with Crippen LogP contribution in [-0.2, 0) is 9.09 Å². The first-order valence-electron chi connectivity index (χ1n) is 14.8. The summed E-state index contributed by atoms with van der Waals surface area (Å²) < 4.78 is 15.0. The molecule has 0 saturated carbocycles. The zero-order valence-corrected chi connectivity index (χ0v) is 26.9. The Labute approximate surface area is 246 Å². The first-order valence-corrected chi connectivity index (χ1v) is 16.3. The molecule has 0 aromatic carbocycles. The van der Waals surface area contributed by atoms with Gasteiger partial charge in [-0.15, -0.1) is 0 Å². The third kappa shape index (κ3) is 35.6. The molecule has 0 fully saturated rings. The zero-order valence-electron chi connectivity index (χ0n) is 22.8. The van der Waals surface area contributed by atoms with Gasteiger partial charge in [0.25, 0.3) is 0 Å². The minimum absolute atomic E-state index is 0. The molecule has 0 bridgehead atoms. The first kappa shape index (κ1) is 37.6. The summed E-state index contributed by atoms with van der Waals surface area (Å²) in [5.41, 5.74) is 0. The molecule has 0 aromatic rings. The van der Waals surface area contributed by atoms with Crippen molar-refractivity contribution in [1.82, 2.24) is 0 Å². The summed E-state index contributed by atoms with van der Waals surface area (Å²) in [6, 6.07) is 0. The van der Waals surface area contributed by atoms with Gasteiger partial charge in [0.15, 0.2) is 0 Å². The van der Waals surface area contributed by atoms with Crippen LogP contribution < -0.4 is 0 Å². The summed E-state index contributed by atoms with van der Waals surface area (Å²) in [7, 11) is -4.27. The van der Waals surface area contributed by atoms with Gasteiger partial charge in [0.2, 0.25) is 0 Å². The molecule has 34 heavy (non-hydrogen) atoms. The molecule has 0 aromatic heterocycles. The predicted molar refractivity (Wildman–Crippen MR) is 144 cm³/mol. The second kappa shape index (κ2) is 30.7. The first-order chi connectivity index (χ1) is 16.1. The van der Waals surface area contributed by atoms with Crippen molar-refractivity contribution in [3.63, 3.8) is 0 Å². The van der Waals surface area contributed by atoms with Gasteiger partial charge in [-0.2, -0.15) is 0 Å². The molecule has 0 atom stereocenters. The second-order valence-electron chi connectivity index (χ2n) is 10.2. The van der Waals surface area contributed by atoms with Crippen molar-refractivity contribution >= 4 is 7.82 Å². The minimum Gasteiger partial charge on any atom is -0.303 e. The molecule has 6 heteroatoms. The molecule has 0 amide bonds. The Bertz CT molecular complexity index is 417. The minimum atomic E-state index is -4.27. The van der Waals surface area contributed by atoms with E-state index in [4.69, 9.17) is 9.79 Å². The van der Waals surface area contributed by atoms with Gasteiger partial charge >= 0.3 is 7.82 Å². The quantitative estimate of drug-likeness (QED) is 0.0664. The Hall–Kier alpha value is 1.46. The maximum Gasteiger partial charge on any atom is 0.469 e. The van der Waals surface area contributed by atoms with Gasteiger partial charge in [0, 0.05) is 40.8 Å². The van der Waals surface area contributed by atoms with Crippen LogP contribution in [0.4, 0.5) is 0 Å². The van der Waals surface area contributed by atoms with E-state index in [-0.39, 0.29) is 47.4 Å². The van der Waals surface area contributed by atoms with Crippen LogP contribution in [0.2, 0.25) is 0 Å². The average molecular weight is 635 g/mol. The monoisotopic (exact) mass is 632 g/mol. The van der Waals surface area contributed by atoms with E-state index in [0.29, 0.717) is 0 Å². The summed E-state index contributed by atoms with van der Waals surface area (Å²) in [6.45, 7) is 2.46. The third-order valence-corrected chi connectivity index (χ3v) is 7.28. The fourth-order valence-electron chi connectivity index (χ4n) is 4.60. The van der Waals surface area contributed by atoms with E-state index in [2.05, 4.69) is 11.4 Å². The number of phosphoric acid groups is 1. The van der Waals surface area contributed by atoms with Gasteiger partial charge in [0.1, 0.15) is 0 Å². The Kier molecular flexibility index (Phi) is 33.9. The van der Waals surface area contributed by atoms with Gasteiger partial charge < -0.3 is 9.79 Å². The number of unbranched alkanes of at least 4 members (excludes halogenated alkanes) is 25. The van der Waals surface area contributed by atoms with Gasteiger partial charge in [-0.05, 0) is 6.42 Å². The molecule has 0 spiro atoms. The maximum absolute atomic E-state index is 10.5. The molecule has 0 aliphatic rings. The molecule has 0 aliphatic carbocycles. The van der Waals surface area contributed by atoms with Crippen LogP contribution in [-0.4, -0.2) is 16.4 Å². The molecule has 0 aliphatic heterocycles. The molecule has 2 N–H and O–H groups in total. The molecule has 204 valence electrons. The number of rotatable bonds is 28.